The van der Waals surface area contributed by atoms with Crippen LogP contribution in [-0.2, 0) is 0 Å². The molecule has 0 N–H and O–H groups in total. The Morgan fingerprint density at radius 2 is 1.05 bits per heavy atom. The van der Waals surface area contributed by atoms with Crippen molar-refractivity contribution < 1.29 is 4.74 Å². The molecule has 61 heavy (non-hydrogen) atoms. The van der Waals surface area contributed by atoms with Gasteiger partial charge in [0, 0.05) is 41.0 Å². The number of benzene rings is 5. The first-order valence-electron chi connectivity index (χ1n) is 22.4. The molecule has 0 fully saturated rings. The van der Waals surface area contributed by atoms with Gasteiger partial charge in [-0.05, 0) is 122 Å². The summed E-state index contributed by atoms with van der Waals surface area (Å²) in [6.07, 6.45) is 5.99. The summed E-state index contributed by atoms with van der Waals surface area (Å²) in [4.78, 5) is 10.00. The van der Waals surface area contributed by atoms with Crippen molar-refractivity contribution in [1.82, 2.24) is 19.1 Å². The largest absolute Gasteiger partial charge is 0.457 e. The van der Waals surface area contributed by atoms with E-state index in [9.17, 15) is 0 Å². The zero-order valence-electron chi connectivity index (χ0n) is 38.2. The van der Waals surface area contributed by atoms with E-state index in [-0.39, 0.29) is 0 Å². The van der Waals surface area contributed by atoms with Crippen LogP contribution in [0.15, 0.2) is 122 Å². The highest BCUT2D eigenvalue weighted by molar-refractivity contribution is 6.09. The summed E-state index contributed by atoms with van der Waals surface area (Å²) >= 11 is 0. The summed E-state index contributed by atoms with van der Waals surface area (Å²) in [5.74, 6) is 5.66. The topological polar surface area (TPSA) is 44.9 Å². The Balaban J connectivity index is 1.21. The third kappa shape index (κ3) is 7.91. The summed E-state index contributed by atoms with van der Waals surface area (Å²) < 4.78 is 11.3. The minimum atomic E-state index is 0.352. The van der Waals surface area contributed by atoms with E-state index in [1.807, 2.05) is 18.5 Å². The number of nitrogens with zero attached hydrogens (tertiary/aromatic N) is 4. The predicted octanol–water partition coefficient (Wildman–Crippen LogP) is 16.2. The van der Waals surface area contributed by atoms with Crippen molar-refractivity contribution in [2.24, 2.45) is 0 Å². The first kappa shape index (κ1) is 41.8. The molecule has 5 aromatic carbocycles. The second-order valence-electron chi connectivity index (χ2n) is 18.7. The van der Waals surface area contributed by atoms with Gasteiger partial charge in [-0.15, -0.1) is 0 Å². The second kappa shape index (κ2) is 16.8. The third-order valence-corrected chi connectivity index (χ3v) is 12.4. The number of fused-ring (bicyclic) bond motifs is 3. The number of pyridine rings is 1. The lowest BCUT2D eigenvalue weighted by molar-refractivity contribution is 0.483. The highest BCUT2D eigenvalue weighted by Crippen LogP contribution is 2.42. The molecule has 5 heteroatoms. The first-order valence-corrected chi connectivity index (χ1v) is 22.4. The van der Waals surface area contributed by atoms with Crippen LogP contribution in [0.4, 0.5) is 0 Å². The number of ether oxygens (including phenoxy) is 1. The summed E-state index contributed by atoms with van der Waals surface area (Å²) in [6.45, 7) is 27.5. The number of imidazole rings is 1. The Morgan fingerprint density at radius 3 is 1.67 bits per heavy atom. The maximum Gasteiger partial charge on any atom is 0.144 e. The SMILES string of the molecule is CC(C)c1cc(C(C)C)c(-c2ccnc(-n3c4ccccc4c4ccc(Oc5cccc(-c6nccn6-c6c(C(C)C)cc(C(C)C)cc6C(C)C)c5)cc43)c2)c(C(C)C)c1. The van der Waals surface area contributed by atoms with Crippen LogP contribution < -0.4 is 4.74 Å². The van der Waals surface area contributed by atoms with Gasteiger partial charge in [0.05, 0.1) is 16.7 Å². The van der Waals surface area contributed by atoms with Gasteiger partial charge in [0.25, 0.3) is 0 Å². The summed E-state index contributed by atoms with van der Waals surface area (Å²) in [5.41, 5.74) is 15.2. The Labute approximate surface area is 363 Å². The van der Waals surface area contributed by atoms with E-state index in [1.54, 1.807) is 0 Å². The molecular formula is C56H62N4O. The molecule has 0 spiro atoms. The normalized spacial score (nSPS) is 12.2. The number of rotatable bonds is 12. The second-order valence-corrected chi connectivity index (χ2v) is 18.7. The van der Waals surface area contributed by atoms with Crippen LogP contribution in [-0.4, -0.2) is 19.1 Å². The molecule has 0 saturated heterocycles. The van der Waals surface area contributed by atoms with Gasteiger partial charge in [0.2, 0.25) is 0 Å². The fourth-order valence-corrected chi connectivity index (χ4v) is 8.97. The van der Waals surface area contributed by atoms with Crippen LogP contribution in [0.1, 0.15) is 152 Å². The highest BCUT2D eigenvalue weighted by Gasteiger charge is 2.23. The molecule has 0 amide bonds. The zero-order chi connectivity index (χ0) is 43.3. The van der Waals surface area contributed by atoms with Gasteiger partial charge in [-0.3, -0.25) is 9.13 Å². The van der Waals surface area contributed by atoms with Crippen LogP contribution in [0.2, 0.25) is 0 Å². The number of para-hydroxylation sites is 1. The van der Waals surface area contributed by atoms with E-state index < -0.39 is 0 Å². The number of hydrogen-bond donors (Lipinski definition) is 0. The Hall–Kier alpha value is -5.94. The minimum absolute atomic E-state index is 0.352. The summed E-state index contributed by atoms with van der Waals surface area (Å²) in [6, 6.07) is 37.5. The molecule has 0 saturated carbocycles. The van der Waals surface area contributed by atoms with Gasteiger partial charge in [-0.1, -0.05) is 138 Å². The van der Waals surface area contributed by atoms with Gasteiger partial charge in [0.15, 0.2) is 0 Å². The standard InChI is InChI=1S/C56H62N4O/c1-33(2)41-27-47(35(5)6)54(48(28-41)36(7)8)39-22-23-57-53(31-39)60-51-19-14-13-18-45(51)46-21-20-44(32-52(46)60)61-43-17-15-16-40(26-43)56-58-24-25-59(56)55-49(37(9)10)29-42(34(3)4)30-50(55)38(11)12/h13-38H,1-12H3. The molecule has 0 aliphatic carbocycles. The van der Waals surface area contributed by atoms with Gasteiger partial charge in [-0.25, -0.2) is 9.97 Å². The van der Waals surface area contributed by atoms with E-state index >= 15 is 0 Å². The van der Waals surface area contributed by atoms with Crippen LogP contribution >= 0.6 is 0 Å². The molecule has 5 nitrogen and oxygen atoms in total. The Morgan fingerprint density at radius 1 is 0.459 bits per heavy atom. The molecule has 0 radical (unpaired) electrons. The van der Waals surface area contributed by atoms with Gasteiger partial charge >= 0.3 is 0 Å². The lowest BCUT2D eigenvalue weighted by Gasteiger charge is -2.24. The van der Waals surface area contributed by atoms with Crippen molar-refractivity contribution in [3.05, 3.63) is 155 Å². The van der Waals surface area contributed by atoms with Crippen LogP contribution in [0.3, 0.4) is 0 Å². The van der Waals surface area contributed by atoms with E-state index in [4.69, 9.17) is 14.7 Å². The summed E-state index contributed by atoms with van der Waals surface area (Å²) in [7, 11) is 0. The maximum atomic E-state index is 6.76. The lowest BCUT2D eigenvalue weighted by Crippen LogP contribution is -2.10. The molecule has 312 valence electrons. The van der Waals surface area contributed by atoms with Crippen LogP contribution in [0.5, 0.6) is 11.5 Å². The summed E-state index contributed by atoms with van der Waals surface area (Å²) in [5, 5.41) is 2.34. The van der Waals surface area contributed by atoms with Crippen molar-refractivity contribution in [2.45, 2.75) is 119 Å². The highest BCUT2D eigenvalue weighted by atomic mass is 16.5. The quantitative estimate of drug-likeness (QED) is 0.124. The van der Waals surface area contributed by atoms with Crippen molar-refractivity contribution in [1.29, 1.82) is 0 Å². The molecule has 8 rings (SSSR count). The van der Waals surface area contributed by atoms with Crippen molar-refractivity contribution in [3.8, 4) is 45.5 Å². The van der Waals surface area contributed by atoms with Crippen LogP contribution in [0, 0.1) is 0 Å². The van der Waals surface area contributed by atoms with Crippen molar-refractivity contribution >= 4 is 21.8 Å². The smallest absolute Gasteiger partial charge is 0.144 e. The Kier molecular flexibility index (Phi) is 11.5. The predicted molar refractivity (Wildman–Crippen MR) is 258 cm³/mol. The van der Waals surface area contributed by atoms with Gasteiger partial charge in [0.1, 0.15) is 23.1 Å². The molecule has 0 bridgehead atoms. The zero-order valence-corrected chi connectivity index (χ0v) is 38.2. The van der Waals surface area contributed by atoms with Crippen molar-refractivity contribution in [2.75, 3.05) is 0 Å². The molecule has 8 aromatic rings. The Bertz CT molecular complexity index is 2810. The molecule has 3 aromatic heterocycles. The van der Waals surface area contributed by atoms with E-state index in [1.165, 1.54) is 55.6 Å². The molecule has 0 aliphatic heterocycles. The van der Waals surface area contributed by atoms with E-state index in [0.29, 0.717) is 35.5 Å². The fraction of sp³-hybridized carbons (Fsp3) is 0.321. The molecule has 0 atom stereocenters. The molecule has 3 heterocycles. The number of hydrogen-bond acceptors (Lipinski definition) is 3. The van der Waals surface area contributed by atoms with Crippen LogP contribution in [0.25, 0.3) is 55.8 Å². The average molecular weight is 807 g/mol. The third-order valence-electron chi connectivity index (χ3n) is 12.4. The van der Waals surface area contributed by atoms with Gasteiger partial charge < -0.3 is 4.74 Å². The molecular weight excluding hydrogens is 745 g/mol. The van der Waals surface area contributed by atoms with Gasteiger partial charge in [-0.2, -0.15) is 0 Å². The lowest BCUT2D eigenvalue weighted by atomic mass is 9.82. The first-order chi connectivity index (χ1) is 29.2. The minimum Gasteiger partial charge on any atom is -0.457 e. The van der Waals surface area contributed by atoms with E-state index in [2.05, 4.69) is 195 Å². The van der Waals surface area contributed by atoms with E-state index in [0.717, 1.165) is 45.1 Å². The monoisotopic (exact) mass is 806 g/mol. The fourth-order valence-electron chi connectivity index (χ4n) is 8.97. The molecule has 0 unspecified atom stereocenters. The number of aromatic nitrogens is 4. The molecule has 0 aliphatic rings. The maximum absolute atomic E-state index is 6.76. The van der Waals surface area contributed by atoms with Crippen molar-refractivity contribution in [3.63, 3.8) is 0 Å². The average Bonchev–Trinajstić information content (AvgIpc) is 3.85.